The van der Waals surface area contributed by atoms with Crippen molar-refractivity contribution in [3.05, 3.63) is 29.8 Å². The fourth-order valence-electron chi connectivity index (χ4n) is 2.12. The summed E-state index contributed by atoms with van der Waals surface area (Å²) in [6.07, 6.45) is -1.43. The molecule has 6 heteroatoms. The second-order valence-electron chi connectivity index (χ2n) is 4.03. The molecule has 0 saturated carbocycles. The van der Waals surface area contributed by atoms with Gasteiger partial charge in [-0.15, -0.1) is 0 Å². The largest absolute Gasteiger partial charge is 0.479 e. The van der Waals surface area contributed by atoms with E-state index in [4.69, 9.17) is 5.11 Å². The molecule has 0 aromatic heterocycles. The lowest BCUT2D eigenvalue weighted by Crippen LogP contribution is -2.33. The molecule has 1 aliphatic rings. The summed E-state index contributed by atoms with van der Waals surface area (Å²) >= 11 is 0. The molecular weight excluding hydrogens is 244 g/mol. The molecule has 0 spiro atoms. The van der Waals surface area contributed by atoms with E-state index in [1.165, 1.54) is 6.07 Å². The Labute approximate surface area is 98.6 Å². The predicted molar refractivity (Wildman–Crippen MR) is 59.5 cm³/mol. The smallest absolute Gasteiger partial charge is 0.333 e. The number of hydrogen-bond donors (Lipinski definition) is 2. The Bertz CT molecular complexity index is 549. The van der Waals surface area contributed by atoms with Gasteiger partial charge in [-0.2, -0.15) is 0 Å². The maximum atomic E-state index is 11.8. The normalized spacial score (nSPS) is 23.7. The van der Waals surface area contributed by atoms with Crippen molar-refractivity contribution in [3.63, 3.8) is 0 Å². The minimum Gasteiger partial charge on any atom is -0.479 e. The van der Waals surface area contributed by atoms with Crippen molar-refractivity contribution in [1.82, 2.24) is 0 Å². The van der Waals surface area contributed by atoms with E-state index in [1.807, 2.05) is 0 Å². The van der Waals surface area contributed by atoms with Crippen LogP contribution >= 0.6 is 0 Å². The number of aliphatic hydroxyl groups is 1. The van der Waals surface area contributed by atoms with Gasteiger partial charge in [0.05, 0.1) is 10.6 Å². The van der Waals surface area contributed by atoms with Gasteiger partial charge in [0.2, 0.25) is 0 Å². The Morgan fingerprint density at radius 2 is 2.00 bits per heavy atom. The topological polar surface area (TPSA) is 91.7 Å². The maximum Gasteiger partial charge on any atom is 0.333 e. The molecule has 92 valence electrons. The molecule has 2 atom stereocenters. The number of rotatable bonds is 2. The van der Waals surface area contributed by atoms with Crippen LogP contribution in [0.4, 0.5) is 0 Å². The monoisotopic (exact) mass is 256 g/mol. The van der Waals surface area contributed by atoms with Gasteiger partial charge < -0.3 is 10.2 Å². The molecule has 0 bridgehead atoms. The van der Waals surface area contributed by atoms with E-state index >= 15 is 0 Å². The highest BCUT2D eigenvalue weighted by atomic mass is 32.2. The van der Waals surface area contributed by atoms with E-state index < -0.39 is 27.8 Å². The molecule has 0 aliphatic carbocycles. The van der Waals surface area contributed by atoms with Gasteiger partial charge in [0.25, 0.3) is 0 Å². The molecule has 0 radical (unpaired) electrons. The number of carbonyl (C=O) groups is 1. The number of aliphatic carboxylic acids is 1. The minimum atomic E-state index is -3.34. The number of hydrogen-bond acceptors (Lipinski definition) is 4. The molecule has 17 heavy (non-hydrogen) atoms. The van der Waals surface area contributed by atoms with Crippen LogP contribution in [0.3, 0.4) is 0 Å². The van der Waals surface area contributed by atoms with Gasteiger partial charge in [0, 0.05) is 5.92 Å². The Hall–Kier alpha value is -1.40. The molecule has 5 nitrogen and oxygen atoms in total. The maximum absolute atomic E-state index is 11.8. The van der Waals surface area contributed by atoms with Crippen molar-refractivity contribution in [2.24, 2.45) is 0 Å². The highest BCUT2D eigenvalue weighted by molar-refractivity contribution is 7.91. The number of carboxylic acid groups (broad SMARTS) is 1. The van der Waals surface area contributed by atoms with Gasteiger partial charge in [-0.3, -0.25) is 0 Å². The van der Waals surface area contributed by atoms with Crippen molar-refractivity contribution < 1.29 is 23.4 Å². The van der Waals surface area contributed by atoms with E-state index in [-0.39, 0.29) is 17.1 Å². The number of benzene rings is 1. The van der Waals surface area contributed by atoms with E-state index in [1.54, 1.807) is 18.2 Å². The second kappa shape index (κ2) is 4.12. The SMILES string of the molecule is O=C(O)C(O)C1CCS(=O)(=O)c2ccccc21. The Morgan fingerprint density at radius 1 is 1.35 bits per heavy atom. The van der Waals surface area contributed by atoms with Gasteiger partial charge in [-0.25, -0.2) is 13.2 Å². The zero-order chi connectivity index (χ0) is 12.6. The van der Waals surface area contributed by atoms with E-state index in [9.17, 15) is 18.3 Å². The summed E-state index contributed by atoms with van der Waals surface area (Å²) in [5, 5.41) is 18.4. The van der Waals surface area contributed by atoms with Gasteiger partial charge in [-0.05, 0) is 18.1 Å². The first-order chi connectivity index (χ1) is 7.93. The predicted octanol–water partition coefficient (Wildman–Crippen LogP) is 0.393. The van der Waals surface area contributed by atoms with Crippen LogP contribution in [0.25, 0.3) is 0 Å². The summed E-state index contributed by atoms with van der Waals surface area (Å²) in [5.74, 6) is -2.12. The quantitative estimate of drug-likeness (QED) is 0.798. The number of sulfone groups is 1. The highest BCUT2D eigenvalue weighted by Gasteiger charge is 2.36. The van der Waals surface area contributed by atoms with Gasteiger partial charge in [0.15, 0.2) is 15.9 Å². The molecule has 2 N–H and O–H groups in total. The molecule has 1 heterocycles. The average Bonchev–Trinajstić information content (AvgIpc) is 2.28. The molecule has 0 fully saturated rings. The molecule has 2 unspecified atom stereocenters. The molecule has 2 rings (SSSR count). The van der Waals surface area contributed by atoms with E-state index in [0.29, 0.717) is 5.56 Å². The number of aliphatic hydroxyl groups excluding tert-OH is 1. The van der Waals surface area contributed by atoms with Crippen molar-refractivity contribution in [1.29, 1.82) is 0 Å². The minimum absolute atomic E-state index is 0.126. The third-order valence-corrected chi connectivity index (χ3v) is 4.80. The van der Waals surface area contributed by atoms with Crippen molar-refractivity contribution in [2.75, 3.05) is 5.75 Å². The zero-order valence-corrected chi connectivity index (χ0v) is 9.72. The summed E-state index contributed by atoms with van der Waals surface area (Å²) in [4.78, 5) is 10.9. The van der Waals surface area contributed by atoms with Crippen LogP contribution in [0.15, 0.2) is 29.2 Å². The van der Waals surface area contributed by atoms with Crippen molar-refractivity contribution in [3.8, 4) is 0 Å². The third-order valence-electron chi connectivity index (χ3n) is 2.99. The summed E-state index contributed by atoms with van der Waals surface area (Å²) < 4.78 is 23.6. The summed E-state index contributed by atoms with van der Waals surface area (Å²) in [6.45, 7) is 0. The van der Waals surface area contributed by atoms with Gasteiger partial charge in [-0.1, -0.05) is 18.2 Å². The molecule has 1 aromatic rings. The number of fused-ring (bicyclic) bond motifs is 1. The Morgan fingerprint density at radius 3 is 2.65 bits per heavy atom. The molecular formula is C11H12O5S. The highest BCUT2D eigenvalue weighted by Crippen LogP contribution is 2.35. The fourth-order valence-corrected chi connectivity index (χ4v) is 3.77. The van der Waals surface area contributed by atoms with Crippen molar-refractivity contribution >= 4 is 15.8 Å². The Kier molecular flexibility index (Phi) is 2.92. The van der Waals surface area contributed by atoms with Gasteiger partial charge >= 0.3 is 5.97 Å². The third kappa shape index (κ3) is 2.05. The Balaban J connectivity index is 2.53. The number of carboxylic acids is 1. The van der Waals surface area contributed by atoms with Crippen LogP contribution in [-0.4, -0.2) is 36.5 Å². The first-order valence-corrected chi connectivity index (χ1v) is 6.81. The van der Waals surface area contributed by atoms with Crippen LogP contribution in [0.5, 0.6) is 0 Å². The standard InChI is InChI=1S/C11H12O5S/c12-10(11(13)14)8-5-6-17(15,16)9-4-2-1-3-7(8)9/h1-4,8,10,12H,5-6H2,(H,13,14). The summed E-state index contributed by atoms with van der Waals surface area (Å²) in [7, 11) is -3.34. The van der Waals surface area contributed by atoms with Crippen LogP contribution in [0.2, 0.25) is 0 Å². The van der Waals surface area contributed by atoms with E-state index in [0.717, 1.165) is 0 Å². The van der Waals surface area contributed by atoms with Crippen molar-refractivity contribution in [2.45, 2.75) is 23.3 Å². The fraction of sp³-hybridized carbons (Fsp3) is 0.364. The molecule has 1 aromatic carbocycles. The molecule has 0 amide bonds. The van der Waals surface area contributed by atoms with Crippen LogP contribution < -0.4 is 0 Å². The summed E-state index contributed by atoms with van der Waals surface area (Å²) in [5.41, 5.74) is 0.397. The lowest BCUT2D eigenvalue weighted by molar-refractivity contribution is -0.148. The lowest BCUT2D eigenvalue weighted by atomic mass is 9.90. The van der Waals surface area contributed by atoms with Crippen LogP contribution in [-0.2, 0) is 14.6 Å². The average molecular weight is 256 g/mol. The van der Waals surface area contributed by atoms with Crippen LogP contribution in [0.1, 0.15) is 17.9 Å². The second-order valence-corrected chi connectivity index (χ2v) is 6.11. The molecule has 1 aliphatic heterocycles. The first kappa shape index (κ1) is 12.1. The van der Waals surface area contributed by atoms with E-state index in [2.05, 4.69) is 0 Å². The zero-order valence-electron chi connectivity index (χ0n) is 8.91. The van der Waals surface area contributed by atoms with Gasteiger partial charge in [0.1, 0.15) is 0 Å². The lowest BCUT2D eigenvalue weighted by Gasteiger charge is -2.27. The first-order valence-electron chi connectivity index (χ1n) is 5.16. The summed E-state index contributed by atoms with van der Waals surface area (Å²) in [6, 6.07) is 6.24. The van der Waals surface area contributed by atoms with Crippen LogP contribution in [0, 0.1) is 0 Å². The molecule has 0 saturated heterocycles.